The smallest absolute Gasteiger partial charge is 0.240 e. The lowest BCUT2D eigenvalue weighted by molar-refractivity contribution is -0.119. The van der Waals surface area contributed by atoms with E-state index in [1.54, 1.807) is 25.1 Å². The van der Waals surface area contributed by atoms with Crippen molar-refractivity contribution in [2.45, 2.75) is 20.3 Å². The summed E-state index contributed by atoms with van der Waals surface area (Å²) >= 11 is 5.98. The van der Waals surface area contributed by atoms with Crippen molar-refractivity contribution in [3.8, 4) is 0 Å². The van der Waals surface area contributed by atoms with Gasteiger partial charge in [-0.3, -0.25) is 9.10 Å². The second kappa shape index (κ2) is 9.71. The number of amides is 1. The molecule has 0 heterocycles. The summed E-state index contributed by atoms with van der Waals surface area (Å²) in [6, 6.07) is 19.4. The summed E-state index contributed by atoms with van der Waals surface area (Å²) in [7, 11) is -3.63. The van der Waals surface area contributed by atoms with Crippen LogP contribution in [0, 0.1) is 12.8 Å². The van der Waals surface area contributed by atoms with Crippen molar-refractivity contribution in [2.24, 2.45) is 5.92 Å². The maximum Gasteiger partial charge on any atom is 0.240 e. The van der Waals surface area contributed by atoms with E-state index in [0.717, 1.165) is 17.0 Å². The first-order valence-corrected chi connectivity index (χ1v) is 12.3. The maximum atomic E-state index is 12.6. The second-order valence-electron chi connectivity index (χ2n) is 7.95. The van der Waals surface area contributed by atoms with Crippen LogP contribution in [0.1, 0.15) is 18.1 Å². The summed E-state index contributed by atoms with van der Waals surface area (Å²) in [4.78, 5) is 12.6. The van der Waals surface area contributed by atoms with Crippen molar-refractivity contribution < 1.29 is 13.2 Å². The monoisotopic (exact) mass is 458 g/mol. The van der Waals surface area contributed by atoms with Gasteiger partial charge in [-0.15, -0.1) is 0 Å². The van der Waals surface area contributed by atoms with Gasteiger partial charge in [-0.2, -0.15) is 0 Å². The van der Waals surface area contributed by atoms with Crippen molar-refractivity contribution in [3.63, 3.8) is 0 Å². The molecule has 0 bridgehead atoms. The van der Waals surface area contributed by atoms with E-state index in [-0.39, 0.29) is 18.4 Å². The number of halogens is 1. The number of sulfonamides is 1. The van der Waals surface area contributed by atoms with Gasteiger partial charge in [0.25, 0.3) is 0 Å². The van der Waals surface area contributed by atoms with E-state index >= 15 is 0 Å². The van der Waals surface area contributed by atoms with Crippen LogP contribution in [-0.4, -0.2) is 33.7 Å². The number of hydrogen-bond donors (Lipinski definition) is 1. The van der Waals surface area contributed by atoms with Crippen molar-refractivity contribution in [2.75, 3.05) is 23.7 Å². The molecule has 3 rings (SSSR count). The number of nitrogens with zero attached hydrogens (tertiary/aromatic N) is 1. The van der Waals surface area contributed by atoms with Crippen LogP contribution in [0.5, 0.6) is 0 Å². The number of carbonyl (C=O) groups is 1. The summed E-state index contributed by atoms with van der Waals surface area (Å²) < 4.78 is 25.8. The Morgan fingerprint density at radius 3 is 2.52 bits per heavy atom. The highest BCUT2D eigenvalue weighted by atomic mass is 35.5. The molecule has 0 spiro atoms. The Morgan fingerprint density at radius 2 is 1.81 bits per heavy atom. The predicted octanol–water partition coefficient (Wildman–Crippen LogP) is 4.56. The standard InChI is InChI=1S/C24H27ClN2O3S/c1-17(13-20-9-6-8-19-7-4-5-10-22(19)20)15-26-24(28)16-27(31(3,29)30)23-12-11-21(25)14-18(23)2/h4-12,14,17H,13,15-16H2,1-3H3,(H,26,28). The van der Waals surface area contributed by atoms with Gasteiger partial charge < -0.3 is 5.32 Å². The first kappa shape index (κ1) is 23.1. The Balaban J connectivity index is 1.65. The van der Waals surface area contributed by atoms with Crippen LogP contribution < -0.4 is 9.62 Å². The molecule has 1 N–H and O–H groups in total. The van der Waals surface area contributed by atoms with Gasteiger partial charge >= 0.3 is 0 Å². The lowest BCUT2D eigenvalue weighted by Gasteiger charge is -2.24. The molecule has 31 heavy (non-hydrogen) atoms. The molecule has 164 valence electrons. The van der Waals surface area contributed by atoms with Crippen LogP contribution in [0.3, 0.4) is 0 Å². The molecule has 0 saturated heterocycles. The fourth-order valence-corrected chi connectivity index (χ4v) is 4.81. The predicted molar refractivity (Wildman–Crippen MR) is 128 cm³/mol. The molecule has 0 saturated carbocycles. The summed E-state index contributed by atoms with van der Waals surface area (Å²) in [5, 5.41) is 5.80. The lowest BCUT2D eigenvalue weighted by atomic mass is 9.96. The molecule has 1 amide bonds. The van der Waals surface area contributed by atoms with E-state index in [4.69, 9.17) is 11.6 Å². The molecule has 7 heteroatoms. The number of hydrogen-bond acceptors (Lipinski definition) is 3. The molecular formula is C24H27ClN2O3S. The normalized spacial score (nSPS) is 12.5. The molecule has 0 aliphatic carbocycles. The minimum atomic E-state index is -3.63. The first-order chi connectivity index (χ1) is 14.6. The van der Waals surface area contributed by atoms with Gasteiger partial charge in [0.2, 0.25) is 15.9 Å². The molecule has 1 unspecified atom stereocenters. The lowest BCUT2D eigenvalue weighted by Crippen LogP contribution is -2.42. The van der Waals surface area contributed by atoms with E-state index in [9.17, 15) is 13.2 Å². The number of rotatable bonds is 8. The number of nitrogens with one attached hydrogen (secondary N) is 1. The minimum Gasteiger partial charge on any atom is -0.354 e. The highest BCUT2D eigenvalue weighted by Crippen LogP contribution is 2.25. The molecule has 3 aromatic carbocycles. The maximum absolute atomic E-state index is 12.6. The van der Waals surface area contributed by atoms with E-state index in [1.807, 2.05) is 18.2 Å². The highest BCUT2D eigenvalue weighted by Gasteiger charge is 2.22. The minimum absolute atomic E-state index is 0.193. The summed E-state index contributed by atoms with van der Waals surface area (Å²) in [6.07, 6.45) is 1.91. The quantitative estimate of drug-likeness (QED) is 0.538. The number of carbonyl (C=O) groups excluding carboxylic acids is 1. The first-order valence-electron chi connectivity index (χ1n) is 10.1. The largest absolute Gasteiger partial charge is 0.354 e. The SMILES string of the molecule is Cc1cc(Cl)ccc1N(CC(=O)NCC(C)Cc1cccc2ccccc12)S(C)(=O)=O. The molecule has 1 atom stereocenters. The third kappa shape index (κ3) is 5.99. The molecule has 0 aliphatic rings. The Kier molecular flexibility index (Phi) is 7.23. The van der Waals surface area contributed by atoms with Gasteiger partial charge in [0, 0.05) is 11.6 Å². The molecule has 0 radical (unpaired) electrons. The van der Waals surface area contributed by atoms with E-state index in [0.29, 0.717) is 22.8 Å². The molecule has 0 aliphatic heterocycles. The van der Waals surface area contributed by atoms with Crippen LogP contribution in [0.4, 0.5) is 5.69 Å². The average molecular weight is 459 g/mol. The van der Waals surface area contributed by atoms with Crippen LogP contribution in [0.25, 0.3) is 10.8 Å². The Bertz CT molecular complexity index is 1190. The topological polar surface area (TPSA) is 66.5 Å². The van der Waals surface area contributed by atoms with Gasteiger partial charge in [-0.05, 0) is 59.4 Å². The average Bonchev–Trinajstić information content (AvgIpc) is 2.70. The zero-order valence-corrected chi connectivity index (χ0v) is 19.5. The molecule has 5 nitrogen and oxygen atoms in total. The van der Waals surface area contributed by atoms with Crippen molar-refractivity contribution >= 4 is 44.0 Å². The number of fused-ring (bicyclic) bond motifs is 1. The fraction of sp³-hybridized carbons (Fsp3) is 0.292. The van der Waals surface area contributed by atoms with Gasteiger partial charge in [-0.25, -0.2) is 8.42 Å². The Hall–Kier alpha value is -2.57. The van der Waals surface area contributed by atoms with Crippen LogP contribution in [0.15, 0.2) is 60.7 Å². The number of aryl methyl sites for hydroxylation is 1. The van der Waals surface area contributed by atoms with Crippen LogP contribution in [-0.2, 0) is 21.2 Å². The molecule has 0 aromatic heterocycles. The second-order valence-corrected chi connectivity index (χ2v) is 10.3. The van der Waals surface area contributed by atoms with Crippen molar-refractivity contribution in [3.05, 3.63) is 76.8 Å². The van der Waals surface area contributed by atoms with Crippen molar-refractivity contribution in [1.29, 1.82) is 0 Å². The highest BCUT2D eigenvalue weighted by molar-refractivity contribution is 7.92. The van der Waals surface area contributed by atoms with Gasteiger partial charge in [0.05, 0.1) is 11.9 Å². The van der Waals surface area contributed by atoms with E-state index < -0.39 is 10.0 Å². The molecule has 3 aromatic rings. The summed E-state index contributed by atoms with van der Waals surface area (Å²) in [6.45, 7) is 4.02. The zero-order chi connectivity index (χ0) is 22.6. The van der Waals surface area contributed by atoms with E-state index in [2.05, 4.69) is 36.5 Å². The third-order valence-corrected chi connectivity index (χ3v) is 6.57. The summed E-state index contributed by atoms with van der Waals surface area (Å²) in [5.74, 6) is -0.150. The Labute approximate surface area is 189 Å². The van der Waals surface area contributed by atoms with Crippen LogP contribution >= 0.6 is 11.6 Å². The van der Waals surface area contributed by atoms with Gasteiger partial charge in [-0.1, -0.05) is 61.0 Å². The van der Waals surface area contributed by atoms with Gasteiger partial charge in [0.15, 0.2) is 0 Å². The number of benzene rings is 3. The van der Waals surface area contributed by atoms with Crippen molar-refractivity contribution in [1.82, 2.24) is 5.32 Å². The fourth-order valence-electron chi connectivity index (χ4n) is 3.67. The summed E-state index contributed by atoms with van der Waals surface area (Å²) in [5.41, 5.74) is 2.37. The number of anilines is 1. The molecule has 0 fully saturated rings. The zero-order valence-electron chi connectivity index (χ0n) is 17.9. The Morgan fingerprint density at radius 1 is 1.10 bits per heavy atom. The third-order valence-electron chi connectivity index (χ3n) is 5.21. The van der Waals surface area contributed by atoms with E-state index in [1.165, 1.54) is 16.3 Å². The van der Waals surface area contributed by atoms with Gasteiger partial charge in [0.1, 0.15) is 6.54 Å². The van der Waals surface area contributed by atoms with Crippen LogP contribution in [0.2, 0.25) is 5.02 Å². The molecular weight excluding hydrogens is 432 g/mol.